The molecule has 0 amide bonds. The van der Waals surface area contributed by atoms with Crippen LogP contribution < -0.4 is 0 Å². The number of aliphatic hydroxyl groups excluding tert-OH is 1. The molecule has 0 bridgehead atoms. The first-order chi connectivity index (χ1) is 15.1. The van der Waals surface area contributed by atoms with Crippen molar-refractivity contribution in [2.75, 3.05) is 39.6 Å². The highest BCUT2D eigenvalue weighted by Crippen LogP contribution is 2.20. The summed E-state index contributed by atoms with van der Waals surface area (Å²) in [6.07, 6.45) is 13.8. The van der Waals surface area contributed by atoms with Gasteiger partial charge in [0.1, 0.15) is 6.61 Å². The Morgan fingerprint density at radius 1 is 0.710 bits per heavy atom. The van der Waals surface area contributed by atoms with Crippen molar-refractivity contribution in [3.8, 4) is 0 Å². The number of carbonyl (C=O) groups excluding carboxylic acids is 1. The van der Waals surface area contributed by atoms with E-state index < -0.39 is 5.97 Å². The average Bonchev–Trinajstić information content (AvgIpc) is 2.75. The molecule has 0 aliphatic heterocycles. The van der Waals surface area contributed by atoms with Crippen LogP contribution in [0.25, 0.3) is 0 Å². The maximum Gasteiger partial charge on any atom is 0.309 e. The number of carbonyl (C=O) groups is 2. The van der Waals surface area contributed by atoms with Gasteiger partial charge in [0, 0.05) is 6.42 Å². The van der Waals surface area contributed by atoms with Gasteiger partial charge in [-0.3, -0.25) is 9.59 Å². The Labute approximate surface area is 188 Å². The van der Waals surface area contributed by atoms with E-state index in [1.165, 1.54) is 25.7 Å². The van der Waals surface area contributed by atoms with Crippen LogP contribution in [0.3, 0.4) is 0 Å². The van der Waals surface area contributed by atoms with Crippen LogP contribution in [0.5, 0.6) is 0 Å². The van der Waals surface area contributed by atoms with Crippen LogP contribution in [0, 0.1) is 5.92 Å². The fraction of sp³-hybridized carbons (Fsp3) is 0.917. The fourth-order valence-electron chi connectivity index (χ4n) is 3.45. The number of unbranched alkanes of at least 4 members (excludes halogenated alkanes) is 9. The van der Waals surface area contributed by atoms with Crippen molar-refractivity contribution in [1.82, 2.24) is 0 Å². The van der Waals surface area contributed by atoms with E-state index in [-0.39, 0.29) is 31.5 Å². The third kappa shape index (κ3) is 21.8. The van der Waals surface area contributed by atoms with Gasteiger partial charge in [-0.15, -0.1) is 0 Å². The van der Waals surface area contributed by atoms with E-state index in [1.54, 1.807) is 0 Å². The third-order valence-corrected chi connectivity index (χ3v) is 5.26. The van der Waals surface area contributed by atoms with Crippen LogP contribution in [0.4, 0.5) is 0 Å². The van der Waals surface area contributed by atoms with Crippen LogP contribution in [0.2, 0.25) is 0 Å². The van der Waals surface area contributed by atoms with Crippen LogP contribution >= 0.6 is 0 Å². The van der Waals surface area contributed by atoms with Crippen molar-refractivity contribution >= 4 is 11.9 Å². The molecule has 0 aromatic carbocycles. The minimum absolute atomic E-state index is 0.0000597. The van der Waals surface area contributed by atoms with E-state index in [2.05, 4.69) is 6.92 Å². The molecule has 0 spiro atoms. The molecular formula is C24H46O7. The molecule has 184 valence electrons. The van der Waals surface area contributed by atoms with E-state index >= 15 is 0 Å². The van der Waals surface area contributed by atoms with E-state index in [9.17, 15) is 9.59 Å². The van der Waals surface area contributed by atoms with E-state index in [4.69, 9.17) is 24.4 Å². The Morgan fingerprint density at radius 2 is 1.23 bits per heavy atom. The summed E-state index contributed by atoms with van der Waals surface area (Å²) in [6.45, 7) is 3.95. The van der Waals surface area contributed by atoms with Gasteiger partial charge in [0.15, 0.2) is 0 Å². The van der Waals surface area contributed by atoms with Crippen molar-refractivity contribution in [3.63, 3.8) is 0 Å². The molecule has 7 heteroatoms. The zero-order valence-electron chi connectivity index (χ0n) is 19.7. The Hall–Kier alpha value is -1.18. The van der Waals surface area contributed by atoms with Gasteiger partial charge in [-0.25, -0.2) is 0 Å². The van der Waals surface area contributed by atoms with Gasteiger partial charge < -0.3 is 24.4 Å². The summed E-state index contributed by atoms with van der Waals surface area (Å²) in [5, 5.41) is 17.3. The normalized spacial score (nSPS) is 12.1. The molecule has 0 aliphatic carbocycles. The molecule has 7 nitrogen and oxygen atoms in total. The second-order valence-corrected chi connectivity index (χ2v) is 8.07. The lowest BCUT2D eigenvalue weighted by Gasteiger charge is -2.16. The Morgan fingerprint density at radius 3 is 1.81 bits per heavy atom. The lowest BCUT2D eigenvalue weighted by atomic mass is 9.94. The maximum atomic E-state index is 12.5. The zero-order chi connectivity index (χ0) is 23.0. The van der Waals surface area contributed by atoms with Gasteiger partial charge in [-0.2, -0.15) is 0 Å². The largest absolute Gasteiger partial charge is 0.481 e. The molecule has 0 rings (SSSR count). The second kappa shape index (κ2) is 23.5. The molecule has 0 saturated carbocycles. The van der Waals surface area contributed by atoms with Crippen LogP contribution in [0.1, 0.15) is 96.8 Å². The van der Waals surface area contributed by atoms with E-state index in [0.717, 1.165) is 57.8 Å². The highest BCUT2D eigenvalue weighted by Gasteiger charge is 2.19. The number of aliphatic carboxylic acids is 1. The van der Waals surface area contributed by atoms with Crippen LogP contribution in [0.15, 0.2) is 0 Å². The van der Waals surface area contributed by atoms with Gasteiger partial charge >= 0.3 is 11.9 Å². The molecule has 31 heavy (non-hydrogen) atoms. The summed E-state index contributed by atoms with van der Waals surface area (Å²) in [4.78, 5) is 23.1. The number of hydrogen-bond donors (Lipinski definition) is 2. The highest BCUT2D eigenvalue weighted by molar-refractivity contribution is 5.72. The minimum Gasteiger partial charge on any atom is -0.481 e. The SMILES string of the molecule is CCCCCCCCC(CCCCCCCC(=O)O)C(=O)OCCOCCOCCO. The maximum absolute atomic E-state index is 12.5. The predicted octanol–water partition coefficient (Wildman–Crippen LogP) is 4.74. The lowest BCUT2D eigenvalue weighted by Crippen LogP contribution is -2.20. The Bertz CT molecular complexity index is 415. The minimum atomic E-state index is -0.733. The molecule has 0 aromatic rings. The monoisotopic (exact) mass is 446 g/mol. The van der Waals surface area contributed by atoms with Crippen molar-refractivity contribution in [2.45, 2.75) is 96.8 Å². The first-order valence-corrected chi connectivity index (χ1v) is 12.3. The summed E-state index contributed by atoms with van der Waals surface area (Å²) in [5.41, 5.74) is 0. The number of carboxylic acids is 1. The molecule has 0 heterocycles. The number of hydrogen-bond acceptors (Lipinski definition) is 6. The number of aliphatic hydroxyl groups is 1. The number of rotatable bonds is 24. The Balaban J connectivity index is 4.05. The molecule has 1 atom stereocenters. The van der Waals surface area contributed by atoms with E-state index in [0.29, 0.717) is 26.4 Å². The second-order valence-electron chi connectivity index (χ2n) is 8.07. The first-order valence-electron chi connectivity index (χ1n) is 12.3. The van der Waals surface area contributed by atoms with Crippen molar-refractivity contribution in [3.05, 3.63) is 0 Å². The molecule has 0 fully saturated rings. The number of esters is 1. The predicted molar refractivity (Wildman–Crippen MR) is 121 cm³/mol. The lowest BCUT2D eigenvalue weighted by molar-refractivity contribution is -0.151. The summed E-state index contributed by atoms with van der Waals surface area (Å²) >= 11 is 0. The molecule has 0 saturated heterocycles. The van der Waals surface area contributed by atoms with Gasteiger partial charge in [-0.1, -0.05) is 71.1 Å². The molecule has 2 N–H and O–H groups in total. The molecule has 0 aliphatic rings. The summed E-state index contributed by atoms with van der Waals surface area (Å²) in [5.74, 6) is -0.916. The van der Waals surface area contributed by atoms with Crippen molar-refractivity contribution in [1.29, 1.82) is 0 Å². The average molecular weight is 447 g/mol. The standard InChI is InChI=1S/C24H46O7/c1-2-3-4-5-7-10-13-22(14-11-8-6-9-12-15-23(26)27)24(28)31-21-20-30-19-18-29-17-16-25/h22,25H,2-21H2,1H3,(H,26,27). The highest BCUT2D eigenvalue weighted by atomic mass is 16.6. The van der Waals surface area contributed by atoms with Crippen LogP contribution in [-0.4, -0.2) is 61.8 Å². The van der Waals surface area contributed by atoms with Crippen molar-refractivity contribution in [2.24, 2.45) is 5.92 Å². The Kier molecular flexibility index (Phi) is 22.6. The first kappa shape index (κ1) is 29.8. The topological polar surface area (TPSA) is 102 Å². The molecular weight excluding hydrogens is 400 g/mol. The fourth-order valence-corrected chi connectivity index (χ4v) is 3.45. The zero-order valence-corrected chi connectivity index (χ0v) is 19.7. The summed E-state index contributed by atoms with van der Waals surface area (Å²) in [7, 11) is 0. The van der Waals surface area contributed by atoms with Gasteiger partial charge in [-0.05, 0) is 19.3 Å². The van der Waals surface area contributed by atoms with Gasteiger partial charge in [0.05, 0.1) is 39.0 Å². The van der Waals surface area contributed by atoms with Gasteiger partial charge in [0.25, 0.3) is 0 Å². The number of ether oxygens (including phenoxy) is 3. The summed E-state index contributed by atoms with van der Waals surface area (Å²) < 4.78 is 15.9. The van der Waals surface area contributed by atoms with Crippen molar-refractivity contribution < 1.29 is 34.0 Å². The van der Waals surface area contributed by atoms with Crippen LogP contribution in [-0.2, 0) is 23.8 Å². The summed E-state index contributed by atoms with van der Waals surface area (Å²) in [6, 6.07) is 0. The smallest absolute Gasteiger partial charge is 0.309 e. The third-order valence-electron chi connectivity index (χ3n) is 5.26. The van der Waals surface area contributed by atoms with Gasteiger partial charge in [0.2, 0.25) is 0 Å². The molecule has 0 radical (unpaired) electrons. The quantitative estimate of drug-likeness (QED) is 0.163. The molecule has 1 unspecified atom stereocenters. The molecule has 0 aromatic heterocycles. The van der Waals surface area contributed by atoms with E-state index in [1.807, 2.05) is 0 Å². The number of carboxylic acid groups (broad SMARTS) is 1.